The van der Waals surface area contributed by atoms with Crippen LogP contribution >= 0.6 is 0 Å². The standard InChI is InChI=1S/C33H37FN4O7/c1-17-20-9-8-12-44-29(20)22(34)14-21(17)28-27(30(32(40)41)45-33(3,4)5)18(2)36-26-15-23(37-38(26)28)31(39)35-16-19-10-11-24(42-6)25(13-19)43-7/h10-11,13-15,30H,8-9,12,16H2,1-7H3,(H,35,39)(H,40,41)/t30-/m0/s1. The number of hydrogen-bond donors (Lipinski definition) is 2. The third-order valence-electron chi connectivity index (χ3n) is 7.61. The van der Waals surface area contributed by atoms with Gasteiger partial charge in [0.25, 0.3) is 5.91 Å². The smallest absolute Gasteiger partial charge is 0.337 e. The van der Waals surface area contributed by atoms with Crippen molar-refractivity contribution < 1.29 is 38.0 Å². The summed E-state index contributed by atoms with van der Waals surface area (Å²) in [7, 11) is 3.07. The average Bonchev–Trinajstić information content (AvgIpc) is 3.43. The van der Waals surface area contributed by atoms with Gasteiger partial charge in [-0.25, -0.2) is 18.7 Å². The lowest BCUT2D eigenvalue weighted by Gasteiger charge is -2.28. The Morgan fingerprint density at radius 1 is 1.13 bits per heavy atom. The molecule has 2 aromatic carbocycles. The molecule has 238 valence electrons. The molecule has 12 heteroatoms. The quantitative estimate of drug-likeness (QED) is 0.254. The maximum absolute atomic E-state index is 15.6. The minimum Gasteiger partial charge on any atom is -0.493 e. The van der Waals surface area contributed by atoms with E-state index in [4.69, 9.17) is 18.9 Å². The predicted molar refractivity (Wildman–Crippen MR) is 164 cm³/mol. The van der Waals surface area contributed by atoms with E-state index in [0.717, 1.165) is 5.56 Å². The van der Waals surface area contributed by atoms with Crippen LogP contribution in [0.15, 0.2) is 30.3 Å². The van der Waals surface area contributed by atoms with Gasteiger partial charge in [-0.1, -0.05) is 6.07 Å². The molecule has 5 rings (SSSR count). The number of aryl methyl sites for hydroxylation is 1. The number of hydrogen-bond acceptors (Lipinski definition) is 8. The van der Waals surface area contributed by atoms with Gasteiger partial charge >= 0.3 is 5.97 Å². The van der Waals surface area contributed by atoms with Gasteiger partial charge in [-0.2, -0.15) is 5.10 Å². The molecule has 1 aliphatic heterocycles. The van der Waals surface area contributed by atoms with Crippen molar-refractivity contribution in [2.75, 3.05) is 20.8 Å². The molecule has 0 saturated carbocycles. The number of amides is 1. The van der Waals surface area contributed by atoms with Crippen LogP contribution in [0.1, 0.15) is 71.7 Å². The Labute approximate surface area is 260 Å². The number of benzene rings is 2. The average molecular weight is 621 g/mol. The molecule has 0 spiro atoms. The summed E-state index contributed by atoms with van der Waals surface area (Å²) in [5.74, 6) is -1.01. The van der Waals surface area contributed by atoms with E-state index in [1.807, 2.05) is 6.92 Å². The van der Waals surface area contributed by atoms with Crippen molar-refractivity contribution >= 4 is 17.5 Å². The number of halogens is 1. The molecule has 1 amide bonds. The van der Waals surface area contributed by atoms with Crippen LogP contribution in [0.3, 0.4) is 0 Å². The van der Waals surface area contributed by atoms with E-state index >= 15 is 4.39 Å². The number of fused-ring (bicyclic) bond motifs is 2. The molecule has 2 N–H and O–H groups in total. The molecule has 0 saturated heterocycles. The number of aromatic nitrogens is 3. The second kappa shape index (κ2) is 12.4. The maximum Gasteiger partial charge on any atom is 0.337 e. The normalized spacial score (nSPS) is 13.6. The van der Waals surface area contributed by atoms with E-state index in [-0.39, 0.29) is 34.9 Å². The third kappa shape index (κ3) is 6.28. The van der Waals surface area contributed by atoms with Crippen molar-refractivity contribution in [3.63, 3.8) is 0 Å². The van der Waals surface area contributed by atoms with Crippen molar-refractivity contribution in [2.24, 2.45) is 0 Å². The van der Waals surface area contributed by atoms with Crippen molar-refractivity contribution in [1.29, 1.82) is 0 Å². The van der Waals surface area contributed by atoms with Gasteiger partial charge in [0.05, 0.1) is 32.1 Å². The highest BCUT2D eigenvalue weighted by Crippen LogP contribution is 2.41. The third-order valence-corrected chi connectivity index (χ3v) is 7.61. The Hall–Kier alpha value is -4.71. The number of carbonyl (C=O) groups excluding carboxylic acids is 1. The molecule has 11 nitrogen and oxygen atoms in total. The zero-order chi connectivity index (χ0) is 32.6. The predicted octanol–water partition coefficient (Wildman–Crippen LogP) is 5.37. The fourth-order valence-electron chi connectivity index (χ4n) is 5.57. The van der Waals surface area contributed by atoms with E-state index in [9.17, 15) is 14.7 Å². The Bertz CT molecular complexity index is 1790. The topological polar surface area (TPSA) is 134 Å². The van der Waals surface area contributed by atoms with Gasteiger partial charge in [0, 0.05) is 35.0 Å². The monoisotopic (exact) mass is 620 g/mol. The van der Waals surface area contributed by atoms with E-state index in [1.54, 1.807) is 53.0 Å². The summed E-state index contributed by atoms with van der Waals surface area (Å²) < 4.78 is 39.3. The summed E-state index contributed by atoms with van der Waals surface area (Å²) in [4.78, 5) is 30.7. The van der Waals surface area contributed by atoms with E-state index in [0.29, 0.717) is 53.3 Å². The first-order valence-corrected chi connectivity index (χ1v) is 14.6. The van der Waals surface area contributed by atoms with Crippen LogP contribution in [-0.2, 0) is 22.5 Å². The number of carboxylic acids is 1. The van der Waals surface area contributed by atoms with Crippen molar-refractivity contribution in [1.82, 2.24) is 19.9 Å². The minimum atomic E-state index is -1.46. The summed E-state index contributed by atoms with van der Waals surface area (Å²) in [6, 6.07) is 8.15. The first-order chi connectivity index (χ1) is 21.3. The molecular weight excluding hydrogens is 583 g/mol. The van der Waals surface area contributed by atoms with Crippen LogP contribution in [0.4, 0.5) is 4.39 Å². The number of nitrogens with one attached hydrogen (secondary N) is 1. The van der Waals surface area contributed by atoms with Gasteiger partial charge in [0.2, 0.25) is 0 Å². The SMILES string of the molecule is COc1ccc(CNC(=O)c2cc3nc(C)c([C@H](OC(C)(C)C)C(=O)O)c(-c4cc(F)c5c(c4C)CCCO5)n3n2)cc1OC. The minimum absolute atomic E-state index is 0.0452. The lowest BCUT2D eigenvalue weighted by atomic mass is 9.91. The highest BCUT2D eigenvalue weighted by molar-refractivity contribution is 5.93. The Balaban J connectivity index is 1.65. The summed E-state index contributed by atoms with van der Waals surface area (Å²) >= 11 is 0. The Kier molecular flexibility index (Phi) is 8.70. The van der Waals surface area contributed by atoms with Crippen molar-refractivity contribution in [3.05, 3.63) is 69.8 Å². The van der Waals surface area contributed by atoms with Crippen LogP contribution in [0.5, 0.6) is 17.2 Å². The van der Waals surface area contributed by atoms with Gasteiger partial charge in [-0.05, 0) is 76.8 Å². The first kappa shape index (κ1) is 31.7. The van der Waals surface area contributed by atoms with E-state index in [1.165, 1.54) is 23.8 Å². The second-order valence-corrected chi connectivity index (χ2v) is 11.9. The molecular formula is C33H37FN4O7. The molecule has 0 unspecified atom stereocenters. The highest BCUT2D eigenvalue weighted by atomic mass is 19.1. The number of carboxylic acid groups (broad SMARTS) is 1. The molecule has 0 aliphatic carbocycles. The molecule has 45 heavy (non-hydrogen) atoms. The van der Waals surface area contributed by atoms with Crippen molar-refractivity contribution in [3.8, 4) is 28.5 Å². The van der Waals surface area contributed by atoms with Crippen LogP contribution < -0.4 is 19.5 Å². The number of ether oxygens (including phenoxy) is 4. The lowest BCUT2D eigenvalue weighted by Crippen LogP contribution is -2.29. The van der Waals surface area contributed by atoms with Gasteiger partial charge in [-0.15, -0.1) is 0 Å². The molecule has 2 aromatic heterocycles. The fraction of sp³-hybridized carbons (Fsp3) is 0.394. The summed E-state index contributed by atoms with van der Waals surface area (Å²) in [5.41, 5.74) is 2.93. The van der Waals surface area contributed by atoms with Crippen LogP contribution in [0.2, 0.25) is 0 Å². The molecule has 0 bridgehead atoms. The van der Waals surface area contributed by atoms with Gasteiger partial charge < -0.3 is 29.4 Å². The maximum atomic E-state index is 15.6. The summed E-state index contributed by atoms with van der Waals surface area (Å²) in [6.07, 6.45) is -0.151. The zero-order valence-electron chi connectivity index (χ0n) is 26.4. The van der Waals surface area contributed by atoms with E-state index in [2.05, 4.69) is 15.4 Å². The Morgan fingerprint density at radius 3 is 2.53 bits per heavy atom. The second-order valence-electron chi connectivity index (χ2n) is 11.9. The summed E-state index contributed by atoms with van der Waals surface area (Å²) in [5, 5.41) is 17.8. The largest absolute Gasteiger partial charge is 0.493 e. The van der Waals surface area contributed by atoms with Gasteiger partial charge in [-0.3, -0.25) is 4.79 Å². The Morgan fingerprint density at radius 2 is 1.87 bits per heavy atom. The molecule has 1 aliphatic rings. The fourth-order valence-corrected chi connectivity index (χ4v) is 5.57. The number of nitrogens with zero attached hydrogens (tertiary/aromatic N) is 3. The van der Waals surface area contributed by atoms with E-state index < -0.39 is 29.4 Å². The molecule has 0 radical (unpaired) electrons. The molecule has 0 fully saturated rings. The van der Waals surface area contributed by atoms with Crippen LogP contribution in [0, 0.1) is 19.7 Å². The highest BCUT2D eigenvalue weighted by Gasteiger charge is 2.35. The van der Waals surface area contributed by atoms with Crippen LogP contribution in [-0.4, -0.2) is 58.0 Å². The van der Waals surface area contributed by atoms with Crippen LogP contribution in [0.25, 0.3) is 16.9 Å². The number of rotatable bonds is 9. The zero-order valence-corrected chi connectivity index (χ0v) is 26.4. The van der Waals surface area contributed by atoms with Crippen molar-refractivity contribution in [2.45, 2.75) is 65.7 Å². The summed E-state index contributed by atoms with van der Waals surface area (Å²) in [6.45, 7) is 9.34. The molecule has 1 atom stereocenters. The number of methoxy groups -OCH3 is 2. The van der Waals surface area contributed by atoms with Gasteiger partial charge in [0.1, 0.15) is 0 Å². The molecule has 3 heterocycles. The molecule has 4 aromatic rings. The first-order valence-electron chi connectivity index (χ1n) is 14.6. The lowest BCUT2D eigenvalue weighted by molar-refractivity contribution is -0.160. The number of aliphatic carboxylic acids is 1. The number of carbonyl (C=O) groups is 2. The van der Waals surface area contributed by atoms with Gasteiger partial charge in [0.15, 0.2) is 40.5 Å².